The van der Waals surface area contributed by atoms with Gasteiger partial charge in [0.15, 0.2) is 0 Å². The van der Waals surface area contributed by atoms with Crippen LogP contribution in [-0.2, 0) is 18.4 Å². The van der Waals surface area contributed by atoms with Crippen molar-refractivity contribution in [2.45, 2.75) is 231 Å². The molecule has 0 spiro atoms. The second-order valence-corrected chi connectivity index (χ2v) is 20.7. The zero-order valence-corrected chi connectivity index (χ0v) is 44.3. The summed E-state index contributed by atoms with van der Waals surface area (Å²) in [6, 6.07) is -0.845. The lowest BCUT2D eigenvalue weighted by molar-refractivity contribution is -0.870. The molecule has 0 aliphatic rings. The van der Waals surface area contributed by atoms with Crippen LogP contribution in [0.1, 0.15) is 219 Å². The molecule has 0 aromatic heterocycles. The number of nitrogens with zero attached hydrogens (tertiary/aromatic N) is 1. The number of hydrogen-bond acceptors (Lipinski definition) is 5. The Morgan fingerprint density at radius 2 is 0.909 bits per heavy atom. The lowest BCUT2D eigenvalue weighted by atomic mass is 10.0. The van der Waals surface area contributed by atoms with Crippen molar-refractivity contribution >= 4 is 13.7 Å². The first kappa shape index (κ1) is 63.7. The normalized spacial score (nSPS) is 14.7. The van der Waals surface area contributed by atoms with Crippen molar-refractivity contribution in [2.75, 3.05) is 40.9 Å². The fraction of sp³-hybridized carbons (Fsp3) is 0.737. The summed E-state index contributed by atoms with van der Waals surface area (Å²) in [7, 11) is 1.57. The Kier molecular flexibility index (Phi) is 46.1. The highest BCUT2D eigenvalue weighted by Crippen LogP contribution is 2.43. The minimum Gasteiger partial charge on any atom is -0.387 e. The van der Waals surface area contributed by atoms with Gasteiger partial charge in [0.1, 0.15) is 13.2 Å². The molecule has 0 radical (unpaired) electrons. The van der Waals surface area contributed by atoms with Crippen molar-refractivity contribution in [2.24, 2.45) is 0 Å². The highest BCUT2D eigenvalue weighted by Gasteiger charge is 2.27. The Hall–Kier alpha value is -2.32. The van der Waals surface area contributed by atoms with Gasteiger partial charge in [0.2, 0.25) is 5.91 Å². The van der Waals surface area contributed by atoms with Gasteiger partial charge < -0.3 is 19.8 Å². The molecule has 0 rings (SSSR count). The largest absolute Gasteiger partial charge is 0.472 e. The summed E-state index contributed by atoms with van der Waals surface area (Å²) in [5, 5.41) is 13.7. The first-order valence-electron chi connectivity index (χ1n) is 27.0. The predicted octanol–water partition coefficient (Wildman–Crippen LogP) is 16.1. The third kappa shape index (κ3) is 49.6. The van der Waals surface area contributed by atoms with Gasteiger partial charge in [-0.25, -0.2) is 4.57 Å². The third-order valence-electron chi connectivity index (χ3n) is 11.6. The van der Waals surface area contributed by atoms with Crippen LogP contribution in [0.4, 0.5) is 0 Å². The molecular weight excluding hydrogens is 840 g/mol. The molecule has 382 valence electrons. The molecular formula is C57H104N2O6P+. The molecule has 66 heavy (non-hydrogen) atoms. The minimum atomic E-state index is -4.33. The van der Waals surface area contributed by atoms with Crippen LogP contribution in [0, 0.1) is 0 Å². The topological polar surface area (TPSA) is 105 Å². The number of amides is 1. The van der Waals surface area contributed by atoms with Crippen LogP contribution in [0.3, 0.4) is 0 Å². The summed E-state index contributed by atoms with van der Waals surface area (Å²) in [6.07, 6.45) is 67.2. The van der Waals surface area contributed by atoms with Gasteiger partial charge in [0, 0.05) is 6.42 Å². The van der Waals surface area contributed by atoms with Crippen LogP contribution in [0.5, 0.6) is 0 Å². The first-order valence-corrected chi connectivity index (χ1v) is 28.5. The quantitative estimate of drug-likeness (QED) is 0.0243. The van der Waals surface area contributed by atoms with E-state index in [1.54, 1.807) is 6.08 Å². The van der Waals surface area contributed by atoms with Gasteiger partial charge in [0.05, 0.1) is 39.9 Å². The molecule has 3 unspecified atom stereocenters. The smallest absolute Gasteiger partial charge is 0.387 e. The van der Waals surface area contributed by atoms with Crippen LogP contribution < -0.4 is 5.32 Å². The standard InChI is InChI=1S/C57H103N2O6P/c1-6-8-10-12-14-15-16-17-18-19-20-21-22-23-24-25-26-27-28-29-30-31-32-33-34-35-36-37-38-39-40-41-42-43-45-47-49-51-57(61)58-55(56(60)50-48-46-44-13-11-9-7-2)54-65-66(62,63)64-53-52-59(3,4)5/h8,10,14-15,17-18,20-21,23-24,26-27,48,50,55-56,60H,6-7,9,11-13,16,19,22,25,28-47,49,51-54H2,1-5H3,(H-,58,61,62,63)/p+1/b10-8-,15-14-,18-17-,21-20-,24-23-,27-26-,50-48+. The molecule has 0 aliphatic carbocycles. The van der Waals surface area contributed by atoms with Crippen molar-refractivity contribution in [1.82, 2.24) is 5.32 Å². The van der Waals surface area contributed by atoms with E-state index in [-0.39, 0.29) is 19.1 Å². The van der Waals surface area contributed by atoms with Gasteiger partial charge in [-0.05, 0) is 70.6 Å². The van der Waals surface area contributed by atoms with Crippen molar-refractivity contribution in [3.8, 4) is 0 Å². The van der Waals surface area contributed by atoms with E-state index in [4.69, 9.17) is 9.05 Å². The molecule has 0 aromatic carbocycles. The summed E-state index contributed by atoms with van der Waals surface area (Å²) in [5.74, 6) is -0.183. The average molecular weight is 944 g/mol. The molecule has 9 heteroatoms. The van der Waals surface area contributed by atoms with Gasteiger partial charge in [0.25, 0.3) is 0 Å². The SMILES string of the molecule is CC/C=C\C/C=C\C/C=C\C/C=C\C/C=C\C/C=C\CCCCCCCCCCCCCCCCCCCCC(=O)NC(COP(=O)(O)OCC[N+](C)(C)C)C(O)/C=C/CCCCCCC. The van der Waals surface area contributed by atoms with Crippen molar-refractivity contribution < 1.29 is 32.9 Å². The van der Waals surface area contributed by atoms with Crippen molar-refractivity contribution in [1.29, 1.82) is 0 Å². The second kappa shape index (κ2) is 47.7. The molecule has 0 aliphatic heterocycles. The highest BCUT2D eigenvalue weighted by molar-refractivity contribution is 7.47. The second-order valence-electron chi connectivity index (χ2n) is 19.2. The molecule has 0 heterocycles. The number of hydrogen-bond donors (Lipinski definition) is 3. The van der Waals surface area contributed by atoms with Gasteiger partial charge in [-0.3, -0.25) is 13.8 Å². The van der Waals surface area contributed by atoms with E-state index in [9.17, 15) is 19.4 Å². The van der Waals surface area contributed by atoms with E-state index in [2.05, 4.69) is 92.1 Å². The number of carbonyl (C=O) groups is 1. The molecule has 1 amide bonds. The Morgan fingerprint density at radius 1 is 0.530 bits per heavy atom. The summed E-state index contributed by atoms with van der Waals surface area (Å²) >= 11 is 0. The van der Waals surface area contributed by atoms with Crippen molar-refractivity contribution in [3.63, 3.8) is 0 Å². The number of carbonyl (C=O) groups excluding carboxylic acids is 1. The number of allylic oxidation sites excluding steroid dienone is 13. The lowest BCUT2D eigenvalue weighted by Gasteiger charge is -2.25. The van der Waals surface area contributed by atoms with Gasteiger partial charge >= 0.3 is 7.82 Å². The fourth-order valence-electron chi connectivity index (χ4n) is 7.40. The maximum absolute atomic E-state index is 12.9. The molecule has 0 bridgehead atoms. The van der Waals surface area contributed by atoms with Crippen LogP contribution in [-0.4, -0.2) is 73.4 Å². The first-order chi connectivity index (χ1) is 32.0. The number of aliphatic hydroxyl groups excluding tert-OH is 1. The Morgan fingerprint density at radius 3 is 1.33 bits per heavy atom. The molecule has 3 atom stereocenters. The summed E-state index contributed by atoms with van der Waals surface area (Å²) in [5.41, 5.74) is 0. The van der Waals surface area contributed by atoms with E-state index in [1.165, 1.54) is 122 Å². The minimum absolute atomic E-state index is 0.0594. The number of quaternary nitrogens is 1. The van der Waals surface area contributed by atoms with Crippen LogP contribution in [0.2, 0.25) is 0 Å². The monoisotopic (exact) mass is 944 g/mol. The number of unbranched alkanes of at least 4 members (excludes halogenated alkanes) is 23. The number of aliphatic hydroxyl groups is 1. The van der Waals surface area contributed by atoms with Gasteiger partial charge in [-0.2, -0.15) is 0 Å². The number of phosphoric acid groups is 1. The molecule has 0 saturated carbocycles. The Balaban J connectivity index is 3.86. The summed E-state index contributed by atoms with van der Waals surface area (Å²) < 4.78 is 23.5. The summed E-state index contributed by atoms with van der Waals surface area (Å²) in [4.78, 5) is 23.1. The van der Waals surface area contributed by atoms with Crippen LogP contribution in [0.15, 0.2) is 85.1 Å². The van der Waals surface area contributed by atoms with E-state index < -0.39 is 20.0 Å². The number of likely N-dealkylation sites (N-methyl/N-ethyl adjacent to an activating group) is 1. The Bertz CT molecular complexity index is 1350. The number of nitrogens with one attached hydrogen (secondary N) is 1. The third-order valence-corrected chi connectivity index (χ3v) is 12.6. The van der Waals surface area contributed by atoms with Crippen LogP contribution >= 0.6 is 7.82 Å². The molecule has 0 fully saturated rings. The average Bonchev–Trinajstić information content (AvgIpc) is 3.28. The Labute approximate surface area is 407 Å². The molecule has 0 aromatic rings. The van der Waals surface area contributed by atoms with E-state index in [0.717, 1.165) is 77.0 Å². The maximum Gasteiger partial charge on any atom is 0.472 e. The maximum atomic E-state index is 12.9. The number of phosphoric ester groups is 1. The molecule has 0 saturated heterocycles. The fourth-order valence-corrected chi connectivity index (χ4v) is 8.13. The highest BCUT2D eigenvalue weighted by atomic mass is 31.2. The summed E-state index contributed by atoms with van der Waals surface area (Å²) in [6.45, 7) is 4.63. The predicted molar refractivity (Wildman–Crippen MR) is 286 cm³/mol. The number of rotatable bonds is 48. The zero-order chi connectivity index (χ0) is 48.5. The zero-order valence-electron chi connectivity index (χ0n) is 43.4. The van der Waals surface area contributed by atoms with Crippen LogP contribution in [0.25, 0.3) is 0 Å². The molecule has 8 nitrogen and oxygen atoms in total. The molecule has 3 N–H and O–H groups in total. The van der Waals surface area contributed by atoms with Gasteiger partial charge in [-0.1, -0.05) is 227 Å². The van der Waals surface area contributed by atoms with Gasteiger partial charge in [-0.15, -0.1) is 0 Å². The lowest BCUT2D eigenvalue weighted by Crippen LogP contribution is -2.45. The van der Waals surface area contributed by atoms with E-state index in [1.807, 2.05) is 27.2 Å². The van der Waals surface area contributed by atoms with E-state index >= 15 is 0 Å². The van der Waals surface area contributed by atoms with E-state index in [0.29, 0.717) is 17.4 Å². The van der Waals surface area contributed by atoms with Crippen molar-refractivity contribution in [3.05, 3.63) is 85.1 Å².